The van der Waals surface area contributed by atoms with Gasteiger partial charge in [-0.05, 0) is 31.5 Å². The lowest BCUT2D eigenvalue weighted by Gasteiger charge is -2.22. The quantitative estimate of drug-likeness (QED) is 0.450. The number of carbonyl (C=O) groups is 3. The number of imide groups is 1. The molecule has 1 atom stereocenters. The van der Waals surface area contributed by atoms with Crippen LogP contribution in [-0.4, -0.2) is 56.4 Å². The molecule has 0 aliphatic carbocycles. The Bertz CT molecular complexity index is 1150. The number of hydrogen-bond acceptors (Lipinski definition) is 7. The predicted molar refractivity (Wildman–Crippen MR) is 109 cm³/mol. The zero-order valence-electron chi connectivity index (χ0n) is 17.2. The van der Waals surface area contributed by atoms with Crippen molar-refractivity contribution in [3.8, 4) is 0 Å². The topological polar surface area (TPSA) is 119 Å². The van der Waals surface area contributed by atoms with Crippen molar-refractivity contribution >= 4 is 24.0 Å². The molecule has 3 aromatic rings. The van der Waals surface area contributed by atoms with Crippen LogP contribution in [0.2, 0.25) is 0 Å². The highest BCUT2D eigenvalue weighted by molar-refractivity contribution is 6.03. The molecule has 0 radical (unpaired) electrons. The molecule has 10 heteroatoms. The molecule has 0 bridgehead atoms. The predicted octanol–water partition coefficient (Wildman–Crippen LogP) is 1.70. The number of aromatic carboxylic acids is 1. The minimum absolute atomic E-state index is 0.0745. The molecule has 160 valence electrons. The standard InChI is InChI=1S/C21H21N5O5/c1-14-19(15(2)31-23-14)10-25-9-18(7-22-25)26(13-27)12-24(11-20(26)28)8-16-4-3-5-17(6-16)21(29)30/h3-7,9,13H,8,10-12H2,1-2H3/p+1. The first-order valence-electron chi connectivity index (χ1n) is 9.69. The summed E-state index contributed by atoms with van der Waals surface area (Å²) in [6.07, 6.45) is 3.85. The lowest BCUT2D eigenvalue weighted by Crippen LogP contribution is -2.50. The number of amides is 2. The van der Waals surface area contributed by atoms with Crippen LogP contribution in [-0.2, 0) is 22.7 Å². The molecule has 0 saturated carbocycles. The van der Waals surface area contributed by atoms with Crippen LogP contribution in [0.5, 0.6) is 0 Å². The zero-order valence-corrected chi connectivity index (χ0v) is 17.2. The molecule has 2 amide bonds. The number of carboxylic acid groups (broad SMARTS) is 1. The van der Waals surface area contributed by atoms with Crippen LogP contribution in [0.1, 0.15) is 32.9 Å². The van der Waals surface area contributed by atoms with E-state index in [0.717, 1.165) is 16.8 Å². The number of carbonyl (C=O) groups excluding carboxylic acids is 2. The Balaban J connectivity index is 1.54. The minimum Gasteiger partial charge on any atom is -0.478 e. The summed E-state index contributed by atoms with van der Waals surface area (Å²) in [5.74, 6) is -0.579. The molecule has 1 saturated heterocycles. The van der Waals surface area contributed by atoms with E-state index < -0.39 is 10.5 Å². The van der Waals surface area contributed by atoms with E-state index in [1.165, 1.54) is 12.3 Å². The molecule has 2 aromatic heterocycles. The van der Waals surface area contributed by atoms with E-state index in [4.69, 9.17) is 4.52 Å². The van der Waals surface area contributed by atoms with Crippen molar-refractivity contribution in [3.05, 3.63) is 64.8 Å². The van der Waals surface area contributed by atoms with Gasteiger partial charge in [-0.2, -0.15) is 9.58 Å². The Morgan fingerprint density at radius 3 is 2.81 bits per heavy atom. The first-order chi connectivity index (χ1) is 14.8. The lowest BCUT2D eigenvalue weighted by atomic mass is 10.1. The maximum atomic E-state index is 12.9. The number of benzene rings is 1. The third-order valence-electron chi connectivity index (χ3n) is 5.57. The highest BCUT2D eigenvalue weighted by Gasteiger charge is 2.49. The summed E-state index contributed by atoms with van der Waals surface area (Å²) in [6.45, 7) is 4.66. The Morgan fingerprint density at radius 1 is 1.32 bits per heavy atom. The van der Waals surface area contributed by atoms with E-state index in [1.807, 2.05) is 18.7 Å². The number of rotatable bonds is 7. The molecule has 1 unspecified atom stereocenters. The number of aromatic nitrogens is 3. The maximum absolute atomic E-state index is 12.9. The molecule has 1 aliphatic rings. The highest BCUT2D eigenvalue weighted by Crippen LogP contribution is 2.28. The monoisotopic (exact) mass is 424 g/mol. The third-order valence-corrected chi connectivity index (χ3v) is 5.57. The minimum atomic E-state index is -1.01. The summed E-state index contributed by atoms with van der Waals surface area (Å²) < 4.78 is 6.34. The normalized spacial score (nSPS) is 19.1. The van der Waals surface area contributed by atoms with E-state index in [1.54, 1.807) is 29.1 Å². The summed E-state index contributed by atoms with van der Waals surface area (Å²) in [5.41, 5.74) is 3.09. The number of nitrogens with zero attached hydrogens (tertiary/aromatic N) is 5. The van der Waals surface area contributed by atoms with Gasteiger partial charge < -0.3 is 9.63 Å². The Kier molecular flexibility index (Phi) is 5.25. The van der Waals surface area contributed by atoms with Gasteiger partial charge in [-0.25, -0.2) is 19.3 Å². The van der Waals surface area contributed by atoms with Gasteiger partial charge in [0.15, 0.2) is 12.4 Å². The van der Waals surface area contributed by atoms with Gasteiger partial charge in [-0.1, -0.05) is 17.3 Å². The number of quaternary nitrogens is 1. The molecular weight excluding hydrogens is 402 g/mol. The molecule has 3 heterocycles. The van der Waals surface area contributed by atoms with Crippen LogP contribution < -0.4 is 4.48 Å². The van der Waals surface area contributed by atoms with Crippen LogP contribution in [0.3, 0.4) is 0 Å². The molecule has 31 heavy (non-hydrogen) atoms. The number of hydrogen-bond donors (Lipinski definition) is 1. The SMILES string of the molecule is Cc1noc(C)c1Cn1cc([N+]2(C=O)CN(Cc3cccc(C(=O)O)c3)CC2=O)cn1. The van der Waals surface area contributed by atoms with Gasteiger partial charge >= 0.3 is 18.3 Å². The lowest BCUT2D eigenvalue weighted by molar-refractivity contribution is -0.133. The Hall–Kier alpha value is -3.63. The van der Waals surface area contributed by atoms with Gasteiger partial charge in [0.05, 0.1) is 24.0 Å². The second kappa shape index (κ2) is 7.89. The van der Waals surface area contributed by atoms with Crippen LogP contribution >= 0.6 is 0 Å². The van der Waals surface area contributed by atoms with E-state index in [9.17, 15) is 19.5 Å². The van der Waals surface area contributed by atoms with Crippen molar-refractivity contribution in [2.24, 2.45) is 0 Å². The van der Waals surface area contributed by atoms with Crippen molar-refractivity contribution in [3.63, 3.8) is 0 Å². The Morgan fingerprint density at radius 2 is 2.13 bits per heavy atom. The average Bonchev–Trinajstić information content (AvgIpc) is 3.43. The van der Waals surface area contributed by atoms with Crippen molar-refractivity contribution in [2.75, 3.05) is 13.2 Å². The number of carboxylic acids is 1. The fourth-order valence-electron chi connectivity index (χ4n) is 3.84. The van der Waals surface area contributed by atoms with E-state index in [2.05, 4.69) is 10.3 Å². The first-order valence-corrected chi connectivity index (χ1v) is 9.69. The first kappa shape index (κ1) is 20.6. The molecule has 10 nitrogen and oxygen atoms in total. The van der Waals surface area contributed by atoms with E-state index >= 15 is 0 Å². The summed E-state index contributed by atoms with van der Waals surface area (Å²) in [6, 6.07) is 6.55. The second-order valence-corrected chi connectivity index (χ2v) is 7.70. The number of aryl methyl sites for hydroxylation is 2. The molecule has 1 aromatic carbocycles. The zero-order chi connectivity index (χ0) is 22.2. The van der Waals surface area contributed by atoms with Gasteiger partial charge in [0.25, 0.3) is 0 Å². The summed E-state index contributed by atoms with van der Waals surface area (Å²) in [5, 5.41) is 17.4. The summed E-state index contributed by atoms with van der Waals surface area (Å²) in [7, 11) is 0. The van der Waals surface area contributed by atoms with Gasteiger partial charge in [-0.3, -0.25) is 4.68 Å². The van der Waals surface area contributed by atoms with Gasteiger partial charge in [-0.15, -0.1) is 0 Å². The van der Waals surface area contributed by atoms with Crippen molar-refractivity contribution in [1.29, 1.82) is 0 Å². The summed E-state index contributed by atoms with van der Waals surface area (Å²) >= 11 is 0. The Labute approximate surface area is 177 Å². The fourth-order valence-corrected chi connectivity index (χ4v) is 3.84. The van der Waals surface area contributed by atoms with Gasteiger partial charge in [0.1, 0.15) is 18.5 Å². The van der Waals surface area contributed by atoms with Crippen LogP contribution in [0.25, 0.3) is 0 Å². The van der Waals surface area contributed by atoms with Gasteiger partial charge in [0, 0.05) is 12.1 Å². The average molecular weight is 424 g/mol. The van der Waals surface area contributed by atoms with Crippen LogP contribution in [0.4, 0.5) is 5.69 Å². The molecular formula is C21H22N5O5+. The molecule has 1 aliphatic heterocycles. The molecule has 0 spiro atoms. The van der Waals surface area contributed by atoms with Crippen LogP contribution in [0, 0.1) is 13.8 Å². The molecule has 1 N–H and O–H groups in total. The van der Waals surface area contributed by atoms with E-state index in [0.29, 0.717) is 30.9 Å². The van der Waals surface area contributed by atoms with Gasteiger partial charge in [0.2, 0.25) is 0 Å². The summed E-state index contributed by atoms with van der Waals surface area (Å²) in [4.78, 5) is 38.0. The largest absolute Gasteiger partial charge is 0.478 e. The maximum Gasteiger partial charge on any atom is 0.341 e. The van der Waals surface area contributed by atoms with Crippen molar-refractivity contribution in [2.45, 2.75) is 26.9 Å². The van der Waals surface area contributed by atoms with Crippen molar-refractivity contribution < 1.29 is 24.0 Å². The van der Waals surface area contributed by atoms with Crippen LogP contribution in [0.15, 0.2) is 41.2 Å². The molecule has 4 rings (SSSR count). The second-order valence-electron chi connectivity index (χ2n) is 7.70. The highest BCUT2D eigenvalue weighted by atomic mass is 16.5. The molecule has 1 fully saturated rings. The van der Waals surface area contributed by atoms with E-state index in [-0.39, 0.29) is 24.7 Å². The van der Waals surface area contributed by atoms with Crippen molar-refractivity contribution in [1.82, 2.24) is 24.3 Å². The smallest absolute Gasteiger partial charge is 0.341 e. The third kappa shape index (κ3) is 3.78. The fraction of sp³-hybridized carbons (Fsp3) is 0.286.